The van der Waals surface area contributed by atoms with Gasteiger partial charge >= 0.3 is 0 Å². The summed E-state index contributed by atoms with van der Waals surface area (Å²) in [5, 5.41) is 2.76. The summed E-state index contributed by atoms with van der Waals surface area (Å²) in [6.07, 6.45) is 3.36. The molecule has 36 heavy (non-hydrogen) atoms. The maximum absolute atomic E-state index is 6.82. The van der Waals surface area contributed by atoms with Crippen molar-refractivity contribution >= 4 is 24.6 Å². The molecule has 2 aliphatic rings. The van der Waals surface area contributed by atoms with Crippen molar-refractivity contribution in [3.05, 3.63) is 132 Å². The highest BCUT2D eigenvalue weighted by Crippen LogP contribution is 2.47. The monoisotopic (exact) mass is 490 g/mol. The zero-order chi connectivity index (χ0) is 24.2. The average Bonchev–Trinajstić information content (AvgIpc) is 3.41. The summed E-state index contributed by atoms with van der Waals surface area (Å²) in [4.78, 5) is 5.32. The smallest absolute Gasteiger partial charge is 0.202 e. The van der Waals surface area contributed by atoms with Crippen molar-refractivity contribution in [2.45, 2.75) is 37.5 Å². The van der Waals surface area contributed by atoms with Crippen LogP contribution in [0.15, 0.2) is 126 Å². The van der Waals surface area contributed by atoms with E-state index in [-0.39, 0.29) is 18.2 Å². The van der Waals surface area contributed by atoms with Gasteiger partial charge in [-0.3, -0.25) is 4.67 Å². The van der Waals surface area contributed by atoms with Crippen molar-refractivity contribution in [3.8, 4) is 0 Å². The third kappa shape index (κ3) is 4.74. The van der Waals surface area contributed by atoms with E-state index in [1.54, 1.807) is 0 Å². The van der Waals surface area contributed by atoms with Crippen molar-refractivity contribution < 1.29 is 4.74 Å². The molecular weight excluding hydrogens is 459 g/mol. The summed E-state index contributed by atoms with van der Waals surface area (Å²) >= 11 is 0. The van der Waals surface area contributed by atoms with E-state index in [4.69, 9.17) is 9.73 Å². The summed E-state index contributed by atoms with van der Waals surface area (Å²) in [7, 11) is -0.689. The van der Waals surface area contributed by atoms with Gasteiger partial charge in [0.05, 0.1) is 6.04 Å². The van der Waals surface area contributed by atoms with E-state index in [1.807, 2.05) is 0 Å². The predicted molar refractivity (Wildman–Crippen MR) is 150 cm³/mol. The van der Waals surface area contributed by atoms with E-state index in [0.29, 0.717) is 0 Å². The molecule has 1 fully saturated rings. The molecule has 0 amide bonds. The molecule has 2 heterocycles. The minimum Gasteiger partial charge on any atom is -0.469 e. The van der Waals surface area contributed by atoms with Gasteiger partial charge in [-0.25, -0.2) is 4.99 Å². The molecule has 3 nitrogen and oxygen atoms in total. The van der Waals surface area contributed by atoms with E-state index in [1.165, 1.54) is 34.6 Å². The standard InChI is InChI=1S/C32H31N2OP/c1-5-15-25(16-6-1)30-31(26-17-7-2-8-18-26)35-32(33-30)29-23-13-14-24-34(29)36(27-19-9-3-10-20-27)28-21-11-4-12-22-28/h1-12,15-22,29-31H,13-14,23-24H2/t29-,30+,31-/m1/s1. The summed E-state index contributed by atoms with van der Waals surface area (Å²) in [5.41, 5.74) is 2.39. The molecule has 0 unspecified atom stereocenters. The molecule has 4 aromatic rings. The average molecular weight is 491 g/mol. The third-order valence-corrected chi connectivity index (χ3v) is 9.66. The van der Waals surface area contributed by atoms with Gasteiger partial charge < -0.3 is 4.74 Å². The Bertz CT molecular complexity index is 1240. The van der Waals surface area contributed by atoms with E-state index >= 15 is 0 Å². The Morgan fingerprint density at radius 1 is 0.639 bits per heavy atom. The Kier molecular flexibility index (Phi) is 6.94. The van der Waals surface area contributed by atoms with Crippen LogP contribution >= 0.6 is 8.07 Å². The predicted octanol–water partition coefficient (Wildman–Crippen LogP) is 6.80. The van der Waals surface area contributed by atoms with Crippen molar-refractivity contribution in [2.75, 3.05) is 6.54 Å². The molecule has 6 rings (SSSR count). The molecule has 3 atom stereocenters. The van der Waals surface area contributed by atoms with Gasteiger partial charge in [-0.1, -0.05) is 128 Å². The molecule has 0 radical (unpaired) electrons. The molecule has 0 spiro atoms. The first-order valence-electron chi connectivity index (χ1n) is 12.9. The zero-order valence-corrected chi connectivity index (χ0v) is 21.3. The van der Waals surface area contributed by atoms with Crippen LogP contribution in [0.4, 0.5) is 0 Å². The van der Waals surface area contributed by atoms with Crippen LogP contribution in [0.25, 0.3) is 0 Å². The lowest BCUT2D eigenvalue weighted by molar-refractivity contribution is 0.173. The zero-order valence-electron chi connectivity index (χ0n) is 20.4. The molecule has 0 bridgehead atoms. The minimum absolute atomic E-state index is 0.0351. The normalized spacial score (nSPS) is 22.2. The number of benzene rings is 4. The number of piperidine rings is 1. The summed E-state index contributed by atoms with van der Waals surface area (Å²) in [5.74, 6) is 0.900. The van der Waals surface area contributed by atoms with Crippen LogP contribution in [0.2, 0.25) is 0 Å². The molecule has 0 N–H and O–H groups in total. The fourth-order valence-corrected chi connectivity index (χ4v) is 8.01. The highest BCUT2D eigenvalue weighted by molar-refractivity contribution is 7.70. The van der Waals surface area contributed by atoms with Gasteiger partial charge in [0.2, 0.25) is 5.90 Å². The van der Waals surface area contributed by atoms with Crippen LogP contribution in [0.1, 0.15) is 42.5 Å². The van der Waals surface area contributed by atoms with Gasteiger partial charge in [0, 0.05) is 14.6 Å². The first-order chi connectivity index (χ1) is 17.9. The van der Waals surface area contributed by atoms with E-state index in [9.17, 15) is 0 Å². The minimum atomic E-state index is -0.689. The Labute approximate surface area is 215 Å². The molecule has 4 heteroatoms. The molecule has 2 aliphatic heterocycles. The Balaban J connectivity index is 1.40. The highest BCUT2D eigenvalue weighted by Gasteiger charge is 2.41. The summed E-state index contributed by atoms with van der Waals surface area (Å²) < 4.78 is 9.52. The fourth-order valence-electron chi connectivity index (χ4n) is 5.38. The van der Waals surface area contributed by atoms with Crippen molar-refractivity contribution in [3.63, 3.8) is 0 Å². The van der Waals surface area contributed by atoms with Crippen LogP contribution in [0.5, 0.6) is 0 Å². The van der Waals surface area contributed by atoms with Crippen LogP contribution < -0.4 is 10.6 Å². The van der Waals surface area contributed by atoms with Crippen LogP contribution in [-0.4, -0.2) is 23.2 Å². The van der Waals surface area contributed by atoms with Crippen LogP contribution in [0.3, 0.4) is 0 Å². The largest absolute Gasteiger partial charge is 0.469 e. The molecule has 0 aromatic heterocycles. The van der Waals surface area contributed by atoms with E-state index in [2.05, 4.69) is 126 Å². The first kappa shape index (κ1) is 23.2. The van der Waals surface area contributed by atoms with Crippen LogP contribution in [0, 0.1) is 0 Å². The number of hydrogen-bond donors (Lipinski definition) is 0. The van der Waals surface area contributed by atoms with Gasteiger partial charge in [-0.15, -0.1) is 0 Å². The highest BCUT2D eigenvalue weighted by atomic mass is 31.1. The second kappa shape index (κ2) is 10.8. The maximum atomic E-state index is 6.82. The topological polar surface area (TPSA) is 24.8 Å². The molecule has 1 saturated heterocycles. The Morgan fingerprint density at radius 3 is 1.75 bits per heavy atom. The quantitative estimate of drug-likeness (QED) is 0.278. The van der Waals surface area contributed by atoms with Crippen LogP contribution in [-0.2, 0) is 4.74 Å². The molecular formula is C32H31N2OP. The van der Waals surface area contributed by atoms with E-state index < -0.39 is 8.07 Å². The lowest BCUT2D eigenvalue weighted by Crippen LogP contribution is -2.45. The number of ether oxygens (including phenoxy) is 1. The number of nitrogens with zero attached hydrogens (tertiary/aromatic N) is 2. The number of rotatable bonds is 6. The number of hydrogen-bond acceptors (Lipinski definition) is 3. The summed E-state index contributed by atoms with van der Waals surface area (Å²) in [6, 6.07) is 43.3. The Hall–Kier alpha value is -3.26. The van der Waals surface area contributed by atoms with Crippen molar-refractivity contribution in [1.82, 2.24) is 4.67 Å². The molecule has 0 saturated carbocycles. The molecule has 180 valence electrons. The first-order valence-corrected chi connectivity index (χ1v) is 14.2. The second-order valence-corrected chi connectivity index (χ2v) is 11.6. The second-order valence-electron chi connectivity index (χ2n) is 9.43. The lowest BCUT2D eigenvalue weighted by Gasteiger charge is -2.41. The van der Waals surface area contributed by atoms with Gasteiger partial charge in [0.15, 0.2) is 6.10 Å². The maximum Gasteiger partial charge on any atom is 0.202 e. The SMILES string of the molecule is c1ccc([C@H]2OC([C@H]3CCCCN3P(c3ccccc3)c3ccccc3)=N[C@H]2c2ccccc2)cc1. The van der Waals surface area contributed by atoms with Gasteiger partial charge in [-0.05, 0) is 34.6 Å². The van der Waals surface area contributed by atoms with Gasteiger partial charge in [0.1, 0.15) is 6.04 Å². The van der Waals surface area contributed by atoms with Gasteiger partial charge in [-0.2, -0.15) is 0 Å². The lowest BCUT2D eigenvalue weighted by atomic mass is 9.97. The van der Waals surface area contributed by atoms with Gasteiger partial charge in [0.25, 0.3) is 0 Å². The molecule has 0 aliphatic carbocycles. The number of aliphatic imine (C=N–C) groups is 1. The molecule has 4 aromatic carbocycles. The fraction of sp³-hybridized carbons (Fsp3) is 0.219. The van der Waals surface area contributed by atoms with Crippen molar-refractivity contribution in [2.24, 2.45) is 4.99 Å². The Morgan fingerprint density at radius 2 is 1.17 bits per heavy atom. The van der Waals surface area contributed by atoms with E-state index in [0.717, 1.165) is 18.9 Å². The summed E-state index contributed by atoms with van der Waals surface area (Å²) in [6.45, 7) is 1.05. The third-order valence-electron chi connectivity index (χ3n) is 7.09. The van der Waals surface area contributed by atoms with Crippen molar-refractivity contribution in [1.29, 1.82) is 0 Å².